The number of hydrogen-bond acceptors (Lipinski definition) is 4. The first kappa shape index (κ1) is 22.1. The number of carbonyl (C=O) groups excluding carboxylic acids is 1. The van der Waals surface area contributed by atoms with Gasteiger partial charge in [-0.2, -0.15) is 0 Å². The van der Waals surface area contributed by atoms with Crippen molar-refractivity contribution < 1.29 is 14.6 Å². The van der Waals surface area contributed by atoms with Gasteiger partial charge in [0.2, 0.25) is 5.91 Å². The monoisotopic (exact) mass is 402 g/mol. The highest BCUT2D eigenvalue weighted by molar-refractivity contribution is 5.73. The Labute approximate surface area is 176 Å². The Bertz CT molecular complexity index is 703. The molecule has 2 aliphatic rings. The highest BCUT2D eigenvalue weighted by Gasteiger charge is 2.40. The maximum Gasteiger partial charge on any atom is 0.219 e. The van der Waals surface area contributed by atoms with Crippen LogP contribution in [0.4, 0.5) is 0 Å². The van der Waals surface area contributed by atoms with Crippen LogP contribution in [0, 0.1) is 19.3 Å². The first-order valence-electron chi connectivity index (χ1n) is 11.0. The molecule has 29 heavy (non-hydrogen) atoms. The minimum atomic E-state index is -1.08. The van der Waals surface area contributed by atoms with Crippen molar-refractivity contribution in [3.63, 3.8) is 0 Å². The summed E-state index contributed by atoms with van der Waals surface area (Å²) >= 11 is 0. The van der Waals surface area contributed by atoms with Crippen molar-refractivity contribution >= 4 is 5.91 Å². The molecular weight excluding hydrogens is 364 g/mol. The zero-order valence-electron chi connectivity index (χ0n) is 18.8. The van der Waals surface area contributed by atoms with Gasteiger partial charge in [-0.25, -0.2) is 0 Å². The molecule has 0 bridgehead atoms. The van der Waals surface area contributed by atoms with Gasteiger partial charge in [-0.15, -0.1) is 0 Å². The van der Waals surface area contributed by atoms with E-state index >= 15 is 0 Å². The van der Waals surface area contributed by atoms with Gasteiger partial charge in [0, 0.05) is 32.6 Å². The average Bonchev–Trinajstić information content (AvgIpc) is 2.79. The van der Waals surface area contributed by atoms with Crippen LogP contribution in [0.25, 0.3) is 0 Å². The van der Waals surface area contributed by atoms with Crippen molar-refractivity contribution in [1.82, 2.24) is 9.80 Å². The van der Waals surface area contributed by atoms with Crippen LogP contribution in [0.3, 0.4) is 0 Å². The van der Waals surface area contributed by atoms with Crippen LogP contribution in [0.1, 0.15) is 57.6 Å². The molecule has 3 rings (SSSR count). The van der Waals surface area contributed by atoms with Crippen molar-refractivity contribution in [2.24, 2.45) is 5.41 Å². The third kappa shape index (κ3) is 5.95. The maximum absolute atomic E-state index is 12.1. The van der Waals surface area contributed by atoms with Crippen molar-refractivity contribution in [2.45, 2.75) is 71.9 Å². The van der Waals surface area contributed by atoms with Crippen LogP contribution in [-0.4, -0.2) is 65.2 Å². The summed E-state index contributed by atoms with van der Waals surface area (Å²) in [5, 5.41) is 11.5. The molecule has 1 aliphatic carbocycles. The molecule has 0 radical (unpaired) electrons. The van der Waals surface area contributed by atoms with Gasteiger partial charge >= 0.3 is 0 Å². The number of ether oxygens (including phenoxy) is 1. The van der Waals surface area contributed by atoms with Crippen molar-refractivity contribution in [3.8, 4) is 5.75 Å². The minimum absolute atomic E-state index is 0.0152. The molecule has 1 N–H and O–H groups in total. The Balaban J connectivity index is 1.73. The summed E-state index contributed by atoms with van der Waals surface area (Å²) in [5.41, 5.74) is 1.62. The second-order valence-corrected chi connectivity index (χ2v) is 10.1. The summed E-state index contributed by atoms with van der Waals surface area (Å²) in [4.78, 5) is 16.3. The molecule has 5 heteroatoms. The third-order valence-corrected chi connectivity index (χ3v) is 6.61. The summed E-state index contributed by atoms with van der Waals surface area (Å²) in [7, 11) is 0. The minimum Gasteiger partial charge on any atom is -0.490 e. The SMILES string of the molecule is CC(=O)N1CCN(C2CCC(C)(C)CC2)CC(O)(COc2cc(C)cc(C)c2)C1. The summed E-state index contributed by atoms with van der Waals surface area (Å²) in [6, 6.07) is 6.58. The van der Waals surface area contributed by atoms with E-state index in [0.717, 1.165) is 36.3 Å². The van der Waals surface area contributed by atoms with E-state index in [9.17, 15) is 9.90 Å². The lowest BCUT2D eigenvalue weighted by molar-refractivity contribution is -0.132. The standard InChI is InChI=1S/C24H38N2O3/c1-18-12-19(2)14-22(13-18)29-17-24(28)15-25(20(3)27)10-11-26(16-24)21-6-8-23(4,5)9-7-21/h12-14,21,28H,6-11,15-17H2,1-5H3. The number of aryl methyl sites for hydroxylation is 2. The first-order valence-corrected chi connectivity index (χ1v) is 11.0. The quantitative estimate of drug-likeness (QED) is 0.837. The van der Waals surface area contributed by atoms with Gasteiger partial charge in [-0.3, -0.25) is 9.69 Å². The number of amides is 1. The van der Waals surface area contributed by atoms with Crippen LogP contribution in [0.2, 0.25) is 0 Å². The van der Waals surface area contributed by atoms with Gasteiger partial charge in [-0.1, -0.05) is 19.9 Å². The Kier molecular flexibility index (Phi) is 6.59. The van der Waals surface area contributed by atoms with Gasteiger partial charge in [-0.05, 0) is 68.2 Å². The average molecular weight is 403 g/mol. The number of carbonyl (C=O) groups is 1. The fourth-order valence-electron chi connectivity index (χ4n) is 4.85. The first-order chi connectivity index (χ1) is 13.6. The van der Waals surface area contributed by atoms with Crippen LogP contribution in [0.15, 0.2) is 18.2 Å². The molecule has 1 saturated carbocycles. The number of aliphatic hydroxyl groups is 1. The van der Waals surface area contributed by atoms with Gasteiger partial charge in [0.15, 0.2) is 0 Å². The van der Waals surface area contributed by atoms with Gasteiger partial charge < -0.3 is 14.7 Å². The molecular formula is C24H38N2O3. The molecule has 1 unspecified atom stereocenters. The number of benzene rings is 1. The summed E-state index contributed by atoms with van der Waals surface area (Å²) in [6.45, 7) is 12.9. The lowest BCUT2D eigenvalue weighted by atomic mass is 9.75. The molecule has 162 valence electrons. The van der Waals surface area contributed by atoms with E-state index in [1.54, 1.807) is 11.8 Å². The molecule has 1 atom stereocenters. The molecule has 1 aliphatic heterocycles. The van der Waals surface area contributed by atoms with Gasteiger partial charge in [0.25, 0.3) is 0 Å². The molecule has 0 aromatic heterocycles. The second-order valence-electron chi connectivity index (χ2n) is 10.1. The van der Waals surface area contributed by atoms with E-state index in [0.29, 0.717) is 31.1 Å². The van der Waals surface area contributed by atoms with Crippen LogP contribution in [-0.2, 0) is 4.79 Å². The Morgan fingerprint density at radius 1 is 1.10 bits per heavy atom. The van der Waals surface area contributed by atoms with E-state index < -0.39 is 5.60 Å². The summed E-state index contributed by atoms with van der Waals surface area (Å²) in [5.74, 6) is 0.793. The highest BCUT2D eigenvalue weighted by Crippen LogP contribution is 2.37. The van der Waals surface area contributed by atoms with E-state index in [1.807, 2.05) is 26.0 Å². The molecule has 1 aromatic rings. The van der Waals surface area contributed by atoms with Crippen molar-refractivity contribution in [3.05, 3.63) is 29.3 Å². The zero-order chi connectivity index (χ0) is 21.2. The highest BCUT2D eigenvalue weighted by atomic mass is 16.5. The number of β-amino-alcohol motifs (C(OH)–C–C–N with tert-alkyl or cyclic N) is 1. The van der Waals surface area contributed by atoms with E-state index in [2.05, 4.69) is 24.8 Å². The normalized spacial score (nSPS) is 26.2. The molecule has 1 saturated heterocycles. The maximum atomic E-state index is 12.1. The smallest absolute Gasteiger partial charge is 0.219 e. The van der Waals surface area contributed by atoms with Crippen LogP contribution in [0.5, 0.6) is 5.75 Å². The summed E-state index contributed by atoms with van der Waals surface area (Å²) in [6.07, 6.45) is 4.73. The Hall–Kier alpha value is -1.59. The van der Waals surface area contributed by atoms with Gasteiger partial charge in [0.1, 0.15) is 18.0 Å². The van der Waals surface area contributed by atoms with Crippen molar-refractivity contribution in [2.75, 3.05) is 32.8 Å². The van der Waals surface area contributed by atoms with Crippen LogP contribution < -0.4 is 4.74 Å². The summed E-state index contributed by atoms with van der Waals surface area (Å²) < 4.78 is 6.05. The topological polar surface area (TPSA) is 53.0 Å². The molecule has 5 nitrogen and oxygen atoms in total. The van der Waals surface area contributed by atoms with E-state index in [1.165, 1.54) is 12.8 Å². The van der Waals surface area contributed by atoms with Gasteiger partial charge in [0.05, 0.1) is 6.54 Å². The number of rotatable bonds is 4. The predicted molar refractivity (Wildman–Crippen MR) is 116 cm³/mol. The molecule has 2 fully saturated rings. The third-order valence-electron chi connectivity index (χ3n) is 6.61. The van der Waals surface area contributed by atoms with E-state index in [4.69, 9.17) is 4.74 Å². The molecule has 1 aromatic carbocycles. The van der Waals surface area contributed by atoms with Crippen LogP contribution >= 0.6 is 0 Å². The Morgan fingerprint density at radius 2 is 1.72 bits per heavy atom. The second kappa shape index (κ2) is 8.65. The molecule has 0 spiro atoms. The number of hydrogen-bond donors (Lipinski definition) is 1. The lowest BCUT2D eigenvalue weighted by Crippen LogP contribution is -2.53. The largest absolute Gasteiger partial charge is 0.490 e. The van der Waals surface area contributed by atoms with Crippen molar-refractivity contribution in [1.29, 1.82) is 0 Å². The predicted octanol–water partition coefficient (Wildman–Crippen LogP) is 3.55. The Morgan fingerprint density at radius 3 is 2.31 bits per heavy atom. The fraction of sp³-hybridized carbons (Fsp3) is 0.708. The molecule has 1 heterocycles. The lowest BCUT2D eigenvalue weighted by Gasteiger charge is -2.41. The molecule has 1 amide bonds. The zero-order valence-corrected chi connectivity index (χ0v) is 18.8. The number of nitrogens with zero attached hydrogens (tertiary/aromatic N) is 2. The van der Waals surface area contributed by atoms with E-state index in [-0.39, 0.29) is 12.5 Å². The fourth-order valence-corrected chi connectivity index (χ4v) is 4.85.